The summed E-state index contributed by atoms with van der Waals surface area (Å²) in [6.45, 7) is 15.0. The van der Waals surface area contributed by atoms with E-state index < -0.39 is 20.1 Å². The molecule has 1 aromatic carbocycles. The summed E-state index contributed by atoms with van der Waals surface area (Å²) in [6, 6.07) is 2.56. The minimum absolute atomic E-state index is 0.0390. The Bertz CT molecular complexity index is 1320. The Morgan fingerprint density at radius 1 is 1.26 bits per heavy atom. The van der Waals surface area contributed by atoms with Crippen molar-refractivity contribution in [2.75, 3.05) is 24.3 Å². The lowest BCUT2D eigenvalue weighted by molar-refractivity contribution is -0.137. The van der Waals surface area contributed by atoms with Crippen LogP contribution in [-0.4, -0.2) is 43.4 Å². The topological polar surface area (TPSA) is 85.0 Å². The Labute approximate surface area is 227 Å². The Balaban J connectivity index is 1.78. The quantitative estimate of drug-likeness (QED) is 0.378. The molecule has 3 heterocycles. The van der Waals surface area contributed by atoms with Gasteiger partial charge in [-0.2, -0.15) is 13.2 Å². The summed E-state index contributed by atoms with van der Waals surface area (Å²) in [5.41, 5.74) is 5.60. The maximum atomic E-state index is 14.1. The number of hydrogen-bond donors (Lipinski definition) is 2. The number of hydrogen-bond acceptors (Lipinski definition) is 7. The van der Waals surface area contributed by atoms with E-state index in [-0.39, 0.29) is 45.4 Å². The number of pyridine rings is 1. The molecule has 7 nitrogen and oxygen atoms in total. The molecule has 1 atom stereocenters. The zero-order valence-electron chi connectivity index (χ0n) is 22.5. The van der Waals surface area contributed by atoms with Crippen LogP contribution in [0.2, 0.25) is 23.2 Å². The molecule has 0 saturated heterocycles. The first kappa shape index (κ1) is 28.3. The van der Waals surface area contributed by atoms with Gasteiger partial charge in [-0.3, -0.25) is 0 Å². The minimum Gasteiger partial charge on any atom is -0.463 e. The van der Waals surface area contributed by atoms with Crippen molar-refractivity contribution in [3.05, 3.63) is 46.3 Å². The summed E-state index contributed by atoms with van der Waals surface area (Å²) in [5, 5.41) is 3.25. The van der Waals surface area contributed by atoms with Gasteiger partial charge in [0, 0.05) is 11.8 Å². The fourth-order valence-electron chi connectivity index (χ4n) is 4.24. The van der Waals surface area contributed by atoms with Crippen LogP contribution >= 0.6 is 11.6 Å². The molecule has 0 amide bonds. The van der Waals surface area contributed by atoms with Crippen LogP contribution in [0.25, 0.3) is 11.3 Å². The zero-order valence-corrected chi connectivity index (χ0v) is 24.3. The second kappa shape index (κ2) is 9.76. The third kappa shape index (κ3) is 5.11. The van der Waals surface area contributed by atoms with Gasteiger partial charge in [0.2, 0.25) is 0 Å². The lowest BCUT2D eigenvalue weighted by Gasteiger charge is -2.38. The predicted molar refractivity (Wildman–Crippen MR) is 148 cm³/mol. The predicted octanol–water partition coefficient (Wildman–Crippen LogP) is 7.02. The molecular formula is C26H33ClF3N5O2Si. The minimum atomic E-state index is -4.66. The van der Waals surface area contributed by atoms with E-state index in [0.29, 0.717) is 29.4 Å². The molecule has 12 heteroatoms. The van der Waals surface area contributed by atoms with E-state index in [1.165, 1.54) is 25.3 Å². The first-order chi connectivity index (χ1) is 17.5. The molecular weight excluding hydrogens is 535 g/mol. The van der Waals surface area contributed by atoms with Crippen molar-refractivity contribution in [2.45, 2.75) is 65.0 Å². The summed E-state index contributed by atoms with van der Waals surface area (Å²) >= 11 is 6.78. The number of amidine groups is 1. The lowest BCUT2D eigenvalue weighted by Crippen LogP contribution is -2.46. The molecule has 2 aromatic rings. The van der Waals surface area contributed by atoms with Gasteiger partial charge in [0.15, 0.2) is 8.32 Å². The van der Waals surface area contributed by atoms with Gasteiger partial charge in [0.25, 0.3) is 0 Å². The number of aryl methyl sites for hydroxylation is 1. The van der Waals surface area contributed by atoms with Crippen LogP contribution in [0.15, 0.2) is 29.6 Å². The van der Waals surface area contributed by atoms with Crippen molar-refractivity contribution in [2.24, 2.45) is 4.99 Å². The summed E-state index contributed by atoms with van der Waals surface area (Å²) in [4.78, 5) is 10.7. The van der Waals surface area contributed by atoms with Crippen LogP contribution in [-0.2, 0) is 10.6 Å². The first-order valence-electron chi connectivity index (χ1n) is 12.3. The van der Waals surface area contributed by atoms with Gasteiger partial charge in [0.1, 0.15) is 30.3 Å². The second-order valence-electron chi connectivity index (χ2n) is 11.1. The maximum Gasteiger partial charge on any atom is 0.418 e. The number of nitrogens with two attached hydrogens (primary N) is 1. The number of rotatable bonds is 5. The third-order valence-corrected chi connectivity index (χ3v) is 12.2. The summed E-state index contributed by atoms with van der Waals surface area (Å²) in [5.74, 6) is 0.856. The van der Waals surface area contributed by atoms with Gasteiger partial charge in [-0.15, -0.1) is 0 Å². The molecule has 1 aromatic heterocycles. The van der Waals surface area contributed by atoms with Gasteiger partial charge in [-0.25, -0.2) is 9.98 Å². The molecule has 0 saturated carbocycles. The molecule has 0 aliphatic carbocycles. The third-order valence-electron chi connectivity index (χ3n) is 7.34. The molecule has 38 heavy (non-hydrogen) atoms. The number of aromatic nitrogens is 1. The summed E-state index contributed by atoms with van der Waals surface area (Å²) < 4.78 is 54.6. The number of nitrogen functional groups attached to an aromatic ring is 1. The van der Waals surface area contributed by atoms with Gasteiger partial charge in [-0.05, 0) is 49.7 Å². The van der Waals surface area contributed by atoms with Crippen molar-refractivity contribution < 1.29 is 22.3 Å². The number of anilines is 2. The highest BCUT2D eigenvalue weighted by Gasteiger charge is 2.40. The van der Waals surface area contributed by atoms with E-state index in [9.17, 15) is 13.2 Å². The van der Waals surface area contributed by atoms with Crippen LogP contribution in [0.3, 0.4) is 0 Å². The van der Waals surface area contributed by atoms with Crippen LogP contribution in [0.4, 0.5) is 24.7 Å². The maximum absolute atomic E-state index is 14.1. The summed E-state index contributed by atoms with van der Waals surface area (Å²) in [6.07, 6.45) is -1.42. The fraction of sp³-hybridized carbons (Fsp3) is 0.462. The van der Waals surface area contributed by atoms with Crippen molar-refractivity contribution in [1.82, 2.24) is 9.88 Å². The highest BCUT2D eigenvalue weighted by molar-refractivity contribution is 6.74. The van der Waals surface area contributed by atoms with E-state index in [2.05, 4.69) is 49.2 Å². The number of nitrogens with one attached hydrogen (secondary N) is 1. The fourth-order valence-corrected chi connectivity index (χ4v) is 5.64. The van der Waals surface area contributed by atoms with E-state index >= 15 is 0 Å². The van der Waals surface area contributed by atoms with Gasteiger partial charge in [-0.1, -0.05) is 32.4 Å². The van der Waals surface area contributed by atoms with E-state index in [0.717, 1.165) is 0 Å². The number of halogens is 4. The van der Waals surface area contributed by atoms with E-state index in [4.69, 9.17) is 26.5 Å². The van der Waals surface area contributed by atoms with Gasteiger partial charge >= 0.3 is 6.18 Å². The molecule has 206 valence electrons. The Kier molecular flexibility index (Phi) is 7.26. The van der Waals surface area contributed by atoms with Crippen molar-refractivity contribution >= 4 is 37.3 Å². The van der Waals surface area contributed by atoms with Crippen LogP contribution in [0, 0.1) is 6.92 Å². The van der Waals surface area contributed by atoms with Crippen molar-refractivity contribution in [3.8, 4) is 17.0 Å². The number of benzene rings is 1. The average Bonchev–Trinajstić information content (AvgIpc) is 2.97. The number of alkyl halides is 3. The SMILES string of the molecule is Cc1cc(N)nc(-c2cc3c4c(c2Cl)NCN=C4N(C(C)CO[Si](C)(C)C(C)(C)C)C=CO3)c1C(F)(F)F. The Hall–Kier alpha value is -2.76. The normalized spacial score (nSPS) is 16.3. The standard InChI is InChI=1S/C26H33ClF3N5O2Si/c1-14-10-18(31)34-22(20(14)26(28,29)30)16-11-17-19-23(21(16)27)32-13-33-24(19)35(8-9-36-17)15(2)12-37-38(6,7)25(3,4)5/h8-11,15,32H,12-13H2,1-7H3,(H2,31,34). The number of ether oxygens (including phenoxy) is 1. The average molecular weight is 568 g/mol. The van der Waals surface area contributed by atoms with Crippen LogP contribution in [0.5, 0.6) is 5.75 Å². The molecule has 2 aliphatic rings. The molecule has 2 aliphatic heterocycles. The lowest BCUT2D eigenvalue weighted by atomic mass is 9.97. The Morgan fingerprint density at radius 2 is 1.95 bits per heavy atom. The van der Waals surface area contributed by atoms with Gasteiger partial charge in [0.05, 0.1) is 40.2 Å². The van der Waals surface area contributed by atoms with Crippen molar-refractivity contribution in [1.29, 1.82) is 0 Å². The molecule has 1 unspecified atom stereocenters. The molecule has 0 bridgehead atoms. The second-order valence-corrected chi connectivity index (χ2v) is 16.3. The number of nitrogens with zero attached hydrogens (tertiary/aromatic N) is 3. The monoisotopic (exact) mass is 567 g/mol. The number of aliphatic imine (C=N–C) groups is 1. The van der Waals surface area contributed by atoms with Crippen LogP contribution < -0.4 is 15.8 Å². The first-order valence-corrected chi connectivity index (χ1v) is 15.6. The Morgan fingerprint density at radius 3 is 2.58 bits per heavy atom. The smallest absolute Gasteiger partial charge is 0.418 e. The van der Waals surface area contributed by atoms with Crippen molar-refractivity contribution in [3.63, 3.8) is 0 Å². The summed E-state index contributed by atoms with van der Waals surface area (Å²) in [7, 11) is -1.99. The molecule has 0 spiro atoms. The van der Waals surface area contributed by atoms with E-state index in [1.807, 2.05) is 11.8 Å². The molecule has 3 N–H and O–H groups in total. The highest BCUT2D eigenvalue weighted by atomic mass is 35.5. The molecule has 0 fully saturated rings. The molecule has 4 rings (SSSR count). The highest BCUT2D eigenvalue weighted by Crippen LogP contribution is 2.48. The largest absolute Gasteiger partial charge is 0.463 e. The zero-order chi connectivity index (χ0) is 28.2. The molecule has 0 radical (unpaired) electrons. The van der Waals surface area contributed by atoms with Crippen LogP contribution in [0.1, 0.15) is 44.4 Å². The van der Waals surface area contributed by atoms with E-state index in [1.54, 1.807) is 6.20 Å². The van der Waals surface area contributed by atoms with Gasteiger partial charge < -0.3 is 25.1 Å².